The van der Waals surface area contributed by atoms with Crippen molar-refractivity contribution in [2.75, 3.05) is 40.0 Å². The molecule has 1 atom stereocenters. The molecule has 0 aliphatic heterocycles. The second-order valence-electron chi connectivity index (χ2n) is 6.21. The van der Waals surface area contributed by atoms with Crippen LogP contribution in [0.2, 0.25) is 0 Å². The number of guanidine groups is 1. The van der Waals surface area contributed by atoms with Crippen LogP contribution in [0.5, 0.6) is 0 Å². The van der Waals surface area contributed by atoms with Crippen molar-refractivity contribution < 1.29 is 9.84 Å². The Morgan fingerprint density at radius 1 is 1.18 bits per heavy atom. The number of hydrogen-bond donors (Lipinski definition) is 3. The first-order chi connectivity index (χ1) is 10.6. The summed E-state index contributed by atoms with van der Waals surface area (Å²) in [6, 6.07) is 0. The molecule has 0 saturated carbocycles. The van der Waals surface area contributed by atoms with E-state index in [1.807, 2.05) is 0 Å². The third-order valence-corrected chi connectivity index (χ3v) is 3.51. The molecular weight excluding hydrogens is 278 g/mol. The molecule has 3 N–H and O–H groups in total. The van der Waals surface area contributed by atoms with Gasteiger partial charge >= 0.3 is 0 Å². The van der Waals surface area contributed by atoms with Gasteiger partial charge in [0, 0.05) is 40.0 Å². The van der Waals surface area contributed by atoms with E-state index in [1.165, 1.54) is 6.42 Å². The van der Waals surface area contributed by atoms with Crippen LogP contribution in [0.3, 0.4) is 0 Å². The van der Waals surface area contributed by atoms with E-state index in [4.69, 9.17) is 4.74 Å². The summed E-state index contributed by atoms with van der Waals surface area (Å²) in [5.74, 6) is 1.99. The molecule has 5 heteroatoms. The predicted octanol–water partition coefficient (Wildman–Crippen LogP) is 2.40. The van der Waals surface area contributed by atoms with Crippen LogP contribution in [0.15, 0.2) is 4.99 Å². The largest absolute Gasteiger partial charge is 0.396 e. The Hall–Kier alpha value is -0.810. The molecule has 0 aromatic rings. The van der Waals surface area contributed by atoms with E-state index in [0.29, 0.717) is 11.8 Å². The standard InChI is InChI=1S/C17H37N3O2/c1-5-18-17(19-10-7-6-8-12-22-4)20-14-16(9-11-21)13-15(2)3/h15-16,21H,5-14H2,1-4H3,(H2,18,19,20). The monoisotopic (exact) mass is 315 g/mol. The zero-order valence-electron chi connectivity index (χ0n) is 15.0. The maximum Gasteiger partial charge on any atom is 0.191 e. The fourth-order valence-corrected chi connectivity index (χ4v) is 2.45. The van der Waals surface area contributed by atoms with Crippen LogP contribution in [0.25, 0.3) is 0 Å². The maximum atomic E-state index is 9.17. The van der Waals surface area contributed by atoms with Crippen LogP contribution in [0.1, 0.15) is 52.9 Å². The van der Waals surface area contributed by atoms with Crippen molar-refractivity contribution in [1.29, 1.82) is 0 Å². The van der Waals surface area contributed by atoms with E-state index in [0.717, 1.165) is 57.9 Å². The number of methoxy groups -OCH3 is 1. The summed E-state index contributed by atoms with van der Waals surface area (Å²) >= 11 is 0. The second kappa shape index (κ2) is 15.1. The van der Waals surface area contributed by atoms with Crippen molar-refractivity contribution in [3.63, 3.8) is 0 Å². The molecule has 0 aromatic heterocycles. The Labute approximate surface area is 136 Å². The number of rotatable bonds is 13. The lowest BCUT2D eigenvalue weighted by Gasteiger charge is -2.17. The van der Waals surface area contributed by atoms with Crippen LogP contribution < -0.4 is 10.6 Å². The predicted molar refractivity (Wildman–Crippen MR) is 94.4 cm³/mol. The van der Waals surface area contributed by atoms with Crippen molar-refractivity contribution in [2.45, 2.75) is 52.9 Å². The molecule has 1 unspecified atom stereocenters. The van der Waals surface area contributed by atoms with Crippen molar-refractivity contribution in [3.8, 4) is 0 Å². The van der Waals surface area contributed by atoms with E-state index in [-0.39, 0.29) is 6.61 Å². The molecule has 0 rings (SSSR count). The Bertz CT molecular complexity index is 271. The minimum absolute atomic E-state index is 0.246. The van der Waals surface area contributed by atoms with Gasteiger partial charge in [-0.05, 0) is 50.9 Å². The fraction of sp³-hybridized carbons (Fsp3) is 0.941. The van der Waals surface area contributed by atoms with Gasteiger partial charge in [-0.2, -0.15) is 0 Å². The van der Waals surface area contributed by atoms with Crippen LogP contribution in [0.4, 0.5) is 0 Å². The molecule has 0 radical (unpaired) electrons. The molecule has 0 saturated heterocycles. The van der Waals surface area contributed by atoms with E-state index in [9.17, 15) is 5.11 Å². The minimum Gasteiger partial charge on any atom is -0.396 e. The Kier molecular flexibility index (Phi) is 14.5. The normalized spacial score (nSPS) is 13.5. The van der Waals surface area contributed by atoms with Crippen molar-refractivity contribution >= 4 is 5.96 Å². The molecule has 0 aliphatic rings. The van der Waals surface area contributed by atoms with Gasteiger partial charge in [0.15, 0.2) is 5.96 Å². The van der Waals surface area contributed by atoms with Crippen LogP contribution >= 0.6 is 0 Å². The Balaban J connectivity index is 4.15. The topological polar surface area (TPSA) is 65.9 Å². The molecule has 0 bridgehead atoms. The van der Waals surface area contributed by atoms with Gasteiger partial charge in [-0.1, -0.05) is 13.8 Å². The average Bonchev–Trinajstić information content (AvgIpc) is 2.47. The van der Waals surface area contributed by atoms with Gasteiger partial charge in [0.1, 0.15) is 0 Å². The lowest BCUT2D eigenvalue weighted by molar-refractivity contribution is 0.192. The molecular formula is C17H37N3O2. The summed E-state index contributed by atoms with van der Waals surface area (Å²) in [5.41, 5.74) is 0. The summed E-state index contributed by atoms with van der Waals surface area (Å²) in [5, 5.41) is 15.8. The number of aliphatic hydroxyl groups excluding tert-OH is 1. The third-order valence-electron chi connectivity index (χ3n) is 3.51. The number of aliphatic hydroxyl groups is 1. The number of nitrogens with zero attached hydrogens (tertiary/aromatic N) is 1. The highest BCUT2D eigenvalue weighted by atomic mass is 16.5. The molecule has 5 nitrogen and oxygen atoms in total. The van der Waals surface area contributed by atoms with E-state index >= 15 is 0 Å². The zero-order valence-corrected chi connectivity index (χ0v) is 15.0. The van der Waals surface area contributed by atoms with E-state index < -0.39 is 0 Å². The molecule has 0 fully saturated rings. The first-order valence-corrected chi connectivity index (χ1v) is 8.75. The highest BCUT2D eigenvalue weighted by Gasteiger charge is 2.10. The zero-order chi connectivity index (χ0) is 16.6. The van der Waals surface area contributed by atoms with Gasteiger partial charge in [0.25, 0.3) is 0 Å². The quantitative estimate of drug-likeness (QED) is 0.277. The molecule has 132 valence electrons. The number of aliphatic imine (C=N–C) groups is 1. The summed E-state index contributed by atoms with van der Waals surface area (Å²) in [4.78, 5) is 4.68. The molecule has 0 spiro atoms. The summed E-state index contributed by atoms with van der Waals surface area (Å²) < 4.78 is 5.05. The highest BCUT2D eigenvalue weighted by Crippen LogP contribution is 2.15. The van der Waals surface area contributed by atoms with Crippen molar-refractivity contribution in [2.24, 2.45) is 16.8 Å². The Morgan fingerprint density at radius 3 is 2.55 bits per heavy atom. The molecule has 0 aromatic carbocycles. The van der Waals surface area contributed by atoms with E-state index in [1.54, 1.807) is 7.11 Å². The fourth-order valence-electron chi connectivity index (χ4n) is 2.45. The average molecular weight is 316 g/mol. The lowest BCUT2D eigenvalue weighted by Crippen LogP contribution is -2.38. The van der Waals surface area contributed by atoms with Gasteiger partial charge in [-0.25, -0.2) is 0 Å². The van der Waals surface area contributed by atoms with Gasteiger partial charge in [-0.15, -0.1) is 0 Å². The summed E-state index contributed by atoms with van der Waals surface area (Å²) in [6.07, 6.45) is 5.35. The Morgan fingerprint density at radius 2 is 1.95 bits per heavy atom. The van der Waals surface area contributed by atoms with Gasteiger partial charge < -0.3 is 20.5 Å². The molecule has 0 amide bonds. The lowest BCUT2D eigenvalue weighted by atomic mass is 9.94. The highest BCUT2D eigenvalue weighted by molar-refractivity contribution is 5.79. The van der Waals surface area contributed by atoms with Gasteiger partial charge in [0.05, 0.1) is 0 Å². The summed E-state index contributed by atoms with van der Waals surface area (Å²) in [7, 11) is 1.74. The first kappa shape index (κ1) is 21.2. The number of ether oxygens (including phenoxy) is 1. The SMILES string of the molecule is CCNC(=NCC(CCO)CC(C)C)NCCCCCOC. The van der Waals surface area contributed by atoms with E-state index in [2.05, 4.69) is 36.4 Å². The first-order valence-electron chi connectivity index (χ1n) is 8.75. The number of unbranched alkanes of at least 4 members (excludes halogenated alkanes) is 2. The summed E-state index contributed by atoms with van der Waals surface area (Å²) in [6.45, 7) is 10.2. The van der Waals surface area contributed by atoms with Crippen LogP contribution in [0, 0.1) is 11.8 Å². The van der Waals surface area contributed by atoms with Gasteiger partial charge in [-0.3, -0.25) is 4.99 Å². The number of nitrogens with one attached hydrogen (secondary N) is 2. The van der Waals surface area contributed by atoms with Crippen LogP contribution in [-0.2, 0) is 4.74 Å². The third kappa shape index (κ3) is 12.9. The van der Waals surface area contributed by atoms with Crippen molar-refractivity contribution in [3.05, 3.63) is 0 Å². The molecule has 0 aliphatic carbocycles. The van der Waals surface area contributed by atoms with Gasteiger partial charge in [0.2, 0.25) is 0 Å². The maximum absolute atomic E-state index is 9.17. The smallest absolute Gasteiger partial charge is 0.191 e. The van der Waals surface area contributed by atoms with Crippen LogP contribution in [-0.4, -0.2) is 51.0 Å². The number of hydrogen-bond acceptors (Lipinski definition) is 3. The molecule has 0 heterocycles. The second-order valence-corrected chi connectivity index (χ2v) is 6.21. The molecule has 22 heavy (non-hydrogen) atoms. The van der Waals surface area contributed by atoms with Crippen molar-refractivity contribution in [1.82, 2.24) is 10.6 Å². The minimum atomic E-state index is 0.246.